The van der Waals surface area contributed by atoms with Crippen LogP contribution in [0, 0.1) is 0 Å². The highest BCUT2D eigenvalue weighted by Crippen LogP contribution is 2.64. The Labute approximate surface area is 117 Å². The Morgan fingerprint density at radius 2 is 1.35 bits per heavy atom. The normalized spacial score (nSPS) is 13.2. The highest BCUT2D eigenvalue weighted by Gasteiger charge is 2.36. The summed E-state index contributed by atoms with van der Waals surface area (Å²) >= 11 is 0. The van der Waals surface area contributed by atoms with Crippen molar-refractivity contribution in [2.24, 2.45) is 0 Å². The van der Waals surface area contributed by atoms with E-state index in [0.29, 0.717) is 5.56 Å². The van der Waals surface area contributed by atoms with Crippen molar-refractivity contribution < 1.29 is 28.7 Å². The van der Waals surface area contributed by atoms with E-state index in [1.807, 2.05) is 20.8 Å². The number of hydrogen-bond donors (Lipinski definition) is 4. The molecular weight excluding hydrogens is 302 g/mol. The Kier molecular flexibility index (Phi) is 4.82. The van der Waals surface area contributed by atoms with Gasteiger partial charge in [0.1, 0.15) is 0 Å². The van der Waals surface area contributed by atoms with Crippen LogP contribution in [0.15, 0.2) is 29.3 Å². The van der Waals surface area contributed by atoms with Gasteiger partial charge in [0.25, 0.3) is 0 Å². The second-order valence-electron chi connectivity index (χ2n) is 5.46. The molecule has 0 saturated carbocycles. The van der Waals surface area contributed by atoms with Gasteiger partial charge in [0.15, 0.2) is 5.06 Å². The van der Waals surface area contributed by atoms with Crippen LogP contribution in [0.3, 0.4) is 0 Å². The van der Waals surface area contributed by atoms with Gasteiger partial charge in [-0.25, -0.2) is 0 Å². The molecule has 0 radical (unpaired) electrons. The minimum absolute atomic E-state index is 0.0857. The maximum atomic E-state index is 11.1. The molecule has 1 rings (SSSR count). The number of rotatable bonds is 3. The first kappa shape index (κ1) is 17.3. The van der Waals surface area contributed by atoms with E-state index in [4.69, 9.17) is 19.6 Å². The zero-order valence-electron chi connectivity index (χ0n) is 11.4. The second-order valence-corrected chi connectivity index (χ2v) is 8.96. The fraction of sp³-hybridized carbons (Fsp3) is 0.333. The van der Waals surface area contributed by atoms with E-state index in [0.717, 1.165) is 11.6 Å². The second kappa shape index (κ2) is 5.57. The minimum atomic E-state index is -5.01. The fourth-order valence-electron chi connectivity index (χ4n) is 1.57. The molecule has 0 heterocycles. The van der Waals surface area contributed by atoms with Crippen LogP contribution in [0.1, 0.15) is 31.9 Å². The van der Waals surface area contributed by atoms with E-state index in [1.54, 1.807) is 24.3 Å². The fourth-order valence-corrected chi connectivity index (χ4v) is 3.56. The molecule has 0 fully saturated rings. The maximum Gasteiger partial charge on any atom is 0.364 e. The Morgan fingerprint density at radius 3 is 1.65 bits per heavy atom. The summed E-state index contributed by atoms with van der Waals surface area (Å²) in [6, 6.07) is 6.63. The molecule has 6 nitrogen and oxygen atoms in total. The third kappa shape index (κ3) is 4.67. The Bertz CT molecular complexity index is 576. The summed E-state index contributed by atoms with van der Waals surface area (Å²) in [5.74, 6) is 0. The van der Waals surface area contributed by atoms with Gasteiger partial charge in [0.2, 0.25) is 0 Å². The number of benzene rings is 1. The summed E-state index contributed by atoms with van der Waals surface area (Å²) < 4.78 is 22.3. The van der Waals surface area contributed by atoms with Crippen LogP contribution in [-0.4, -0.2) is 19.6 Å². The van der Waals surface area contributed by atoms with Gasteiger partial charge in [0.05, 0.1) is 0 Å². The lowest BCUT2D eigenvalue weighted by Gasteiger charge is -2.19. The smallest absolute Gasteiger partial charge is 0.321 e. The molecule has 0 aliphatic heterocycles. The Hall–Kier alpha value is -0.740. The van der Waals surface area contributed by atoms with Gasteiger partial charge in [-0.3, -0.25) is 9.13 Å². The van der Waals surface area contributed by atoms with Gasteiger partial charge >= 0.3 is 15.2 Å². The first-order valence-corrected chi connectivity index (χ1v) is 8.99. The van der Waals surface area contributed by atoms with Crippen molar-refractivity contribution >= 4 is 21.3 Å². The molecule has 0 bridgehead atoms. The lowest BCUT2D eigenvalue weighted by Crippen LogP contribution is -2.10. The third-order valence-corrected chi connectivity index (χ3v) is 5.68. The van der Waals surface area contributed by atoms with E-state index in [-0.39, 0.29) is 5.41 Å². The molecule has 112 valence electrons. The molecule has 1 aromatic rings. The summed E-state index contributed by atoms with van der Waals surface area (Å²) in [6.07, 6.45) is 0.841. The third-order valence-electron chi connectivity index (χ3n) is 2.67. The molecule has 0 atom stereocenters. The molecule has 0 amide bonds. The van der Waals surface area contributed by atoms with Crippen LogP contribution < -0.4 is 0 Å². The zero-order valence-corrected chi connectivity index (χ0v) is 13.2. The Balaban J connectivity index is 3.28. The molecule has 0 saturated heterocycles. The maximum absolute atomic E-state index is 11.1. The topological polar surface area (TPSA) is 115 Å². The molecule has 0 aromatic heterocycles. The van der Waals surface area contributed by atoms with Gasteiger partial charge in [-0.15, -0.1) is 0 Å². The average molecular weight is 320 g/mol. The predicted octanol–water partition coefficient (Wildman–Crippen LogP) is 2.64. The molecular formula is C12H18O6P2. The highest BCUT2D eigenvalue weighted by atomic mass is 31.2. The quantitative estimate of drug-likeness (QED) is 0.636. The molecule has 1 aromatic carbocycles. The van der Waals surface area contributed by atoms with Gasteiger partial charge in [-0.2, -0.15) is 0 Å². The molecule has 8 heteroatoms. The van der Waals surface area contributed by atoms with Gasteiger partial charge in [0, 0.05) is 0 Å². The SMILES string of the molecule is CC(C)(C)c1ccc(C=C(P(=O)(O)O)P(=O)(O)O)cc1. The van der Waals surface area contributed by atoms with Crippen molar-refractivity contribution in [3.63, 3.8) is 0 Å². The van der Waals surface area contributed by atoms with Crippen molar-refractivity contribution in [1.29, 1.82) is 0 Å². The van der Waals surface area contributed by atoms with Crippen LogP contribution >= 0.6 is 15.2 Å². The average Bonchev–Trinajstić information content (AvgIpc) is 2.22. The summed E-state index contributed by atoms with van der Waals surface area (Å²) in [4.78, 5) is 36.0. The van der Waals surface area contributed by atoms with E-state index in [1.165, 1.54) is 0 Å². The largest absolute Gasteiger partial charge is 0.364 e. The van der Waals surface area contributed by atoms with Gasteiger partial charge in [-0.1, -0.05) is 45.0 Å². The Morgan fingerprint density at radius 1 is 0.950 bits per heavy atom. The van der Waals surface area contributed by atoms with Crippen LogP contribution in [0.25, 0.3) is 6.08 Å². The lowest BCUT2D eigenvalue weighted by atomic mass is 9.87. The van der Waals surface area contributed by atoms with Gasteiger partial charge in [-0.05, 0) is 22.6 Å². The lowest BCUT2D eigenvalue weighted by molar-refractivity contribution is 0.368. The van der Waals surface area contributed by atoms with Crippen molar-refractivity contribution in [3.05, 3.63) is 40.4 Å². The van der Waals surface area contributed by atoms with Gasteiger partial charge < -0.3 is 19.6 Å². The summed E-state index contributed by atoms with van der Waals surface area (Å²) in [5, 5.41) is -1.17. The molecule has 0 spiro atoms. The molecule has 4 N–H and O–H groups in total. The number of hydrogen-bond acceptors (Lipinski definition) is 2. The summed E-state index contributed by atoms with van der Waals surface area (Å²) in [5.41, 5.74) is 1.24. The van der Waals surface area contributed by atoms with Crippen LogP contribution in [0.4, 0.5) is 0 Å². The standard InChI is InChI=1S/C12H18O6P2/c1-12(2,3)10-6-4-9(5-7-10)8-11(19(13,14)15)20(16,17)18/h4-8H,1-3H3,(H2,13,14,15)(H2,16,17,18). The predicted molar refractivity (Wildman–Crippen MR) is 77.2 cm³/mol. The van der Waals surface area contributed by atoms with Crippen molar-refractivity contribution in [2.75, 3.05) is 0 Å². The molecule has 0 aliphatic carbocycles. The van der Waals surface area contributed by atoms with Crippen molar-refractivity contribution in [3.8, 4) is 0 Å². The van der Waals surface area contributed by atoms with E-state index in [9.17, 15) is 9.13 Å². The van der Waals surface area contributed by atoms with Crippen molar-refractivity contribution in [1.82, 2.24) is 0 Å². The highest BCUT2D eigenvalue weighted by molar-refractivity contribution is 7.77. The summed E-state index contributed by atoms with van der Waals surface area (Å²) in [7, 11) is -10.0. The first-order chi connectivity index (χ1) is 8.82. The molecule has 20 heavy (non-hydrogen) atoms. The monoisotopic (exact) mass is 320 g/mol. The van der Waals surface area contributed by atoms with Crippen molar-refractivity contribution in [2.45, 2.75) is 26.2 Å². The summed E-state index contributed by atoms with van der Waals surface area (Å²) in [6.45, 7) is 6.03. The first-order valence-electron chi connectivity index (χ1n) is 5.76. The minimum Gasteiger partial charge on any atom is -0.321 e. The van der Waals surface area contributed by atoms with E-state index < -0.39 is 20.2 Å². The molecule has 0 aliphatic rings. The van der Waals surface area contributed by atoms with Crippen LogP contribution in [0.2, 0.25) is 0 Å². The van der Waals surface area contributed by atoms with E-state index in [2.05, 4.69) is 0 Å². The van der Waals surface area contributed by atoms with E-state index >= 15 is 0 Å². The zero-order chi connectivity index (χ0) is 15.8. The van der Waals surface area contributed by atoms with Crippen LogP contribution in [0.5, 0.6) is 0 Å². The van der Waals surface area contributed by atoms with Crippen LogP contribution in [-0.2, 0) is 14.5 Å². The molecule has 0 unspecified atom stereocenters.